The van der Waals surface area contributed by atoms with Crippen LogP contribution in [0.2, 0.25) is 0 Å². The van der Waals surface area contributed by atoms with E-state index < -0.39 is 0 Å². The molecule has 124 valence electrons. The van der Waals surface area contributed by atoms with Crippen molar-refractivity contribution in [1.82, 2.24) is 10.6 Å². The van der Waals surface area contributed by atoms with E-state index in [1.165, 1.54) is 0 Å². The van der Waals surface area contributed by atoms with Crippen LogP contribution < -0.4 is 10.6 Å². The monoisotopic (exact) mass is 322 g/mol. The van der Waals surface area contributed by atoms with E-state index in [1.807, 2.05) is 42.5 Å². The molecule has 4 heteroatoms. The van der Waals surface area contributed by atoms with Crippen molar-refractivity contribution < 1.29 is 9.59 Å². The van der Waals surface area contributed by atoms with Gasteiger partial charge in [0.1, 0.15) is 0 Å². The van der Waals surface area contributed by atoms with Crippen LogP contribution >= 0.6 is 0 Å². The lowest BCUT2D eigenvalue weighted by Gasteiger charge is -2.11. The van der Waals surface area contributed by atoms with Gasteiger partial charge in [0.2, 0.25) is 5.91 Å². The van der Waals surface area contributed by atoms with Crippen molar-refractivity contribution in [3.63, 3.8) is 0 Å². The Labute approximate surface area is 142 Å². The van der Waals surface area contributed by atoms with Crippen molar-refractivity contribution in [3.05, 3.63) is 59.7 Å². The Hall–Kier alpha value is -2.62. The zero-order chi connectivity index (χ0) is 16.8. The third-order valence-electron chi connectivity index (χ3n) is 4.24. The van der Waals surface area contributed by atoms with Crippen molar-refractivity contribution in [2.75, 3.05) is 6.54 Å². The number of rotatable bonds is 0. The minimum Gasteiger partial charge on any atom is -0.352 e. The molecule has 0 spiro atoms. The summed E-state index contributed by atoms with van der Waals surface area (Å²) in [7, 11) is 0. The van der Waals surface area contributed by atoms with E-state index in [-0.39, 0.29) is 11.8 Å². The van der Waals surface area contributed by atoms with Gasteiger partial charge in [0.25, 0.3) is 5.91 Å². The average molecular weight is 322 g/mol. The van der Waals surface area contributed by atoms with E-state index in [9.17, 15) is 9.59 Å². The van der Waals surface area contributed by atoms with Gasteiger partial charge in [-0.25, -0.2) is 0 Å². The van der Waals surface area contributed by atoms with Gasteiger partial charge in [0, 0.05) is 25.1 Å². The van der Waals surface area contributed by atoms with Crippen LogP contribution in [-0.4, -0.2) is 18.4 Å². The second-order valence-electron chi connectivity index (χ2n) is 6.12. The van der Waals surface area contributed by atoms with Crippen LogP contribution in [0, 0.1) is 0 Å². The van der Waals surface area contributed by atoms with Gasteiger partial charge in [-0.1, -0.05) is 36.8 Å². The van der Waals surface area contributed by atoms with Crippen molar-refractivity contribution in [2.24, 2.45) is 0 Å². The molecule has 0 saturated heterocycles. The van der Waals surface area contributed by atoms with Gasteiger partial charge in [-0.15, -0.1) is 0 Å². The first kappa shape index (κ1) is 16.2. The number of carbonyl (C=O) groups is 2. The van der Waals surface area contributed by atoms with Crippen LogP contribution in [0.15, 0.2) is 48.5 Å². The molecule has 24 heavy (non-hydrogen) atoms. The molecule has 2 amide bonds. The summed E-state index contributed by atoms with van der Waals surface area (Å²) >= 11 is 0. The Balaban J connectivity index is 1.89. The Morgan fingerprint density at radius 2 is 1.50 bits per heavy atom. The highest BCUT2D eigenvalue weighted by Gasteiger charge is 2.08. The third-order valence-corrected chi connectivity index (χ3v) is 4.24. The molecular weight excluding hydrogens is 300 g/mol. The summed E-state index contributed by atoms with van der Waals surface area (Å²) in [5.74, 6) is 0.0383. The lowest BCUT2D eigenvalue weighted by Crippen LogP contribution is -2.25. The topological polar surface area (TPSA) is 58.2 Å². The number of fused-ring (bicyclic) bond motifs is 5. The first-order chi connectivity index (χ1) is 11.7. The molecule has 0 radical (unpaired) electrons. The standard InChI is InChI=1S/C20H22N2O2/c23-19-10-2-1-3-11-21-20(24)18-9-5-8-17(13-18)16-7-4-6-15(12-16)14-22-19/h4-9,12-13H,1-3,10-11,14H2,(H,21,24)(H,22,23). The van der Waals surface area contributed by atoms with Crippen LogP contribution in [0.4, 0.5) is 0 Å². The zero-order valence-corrected chi connectivity index (χ0v) is 13.7. The highest BCUT2D eigenvalue weighted by atomic mass is 16.2. The number of amides is 2. The number of hydrogen-bond donors (Lipinski definition) is 2. The van der Waals surface area contributed by atoms with E-state index in [1.54, 1.807) is 0 Å². The van der Waals surface area contributed by atoms with Gasteiger partial charge in [0.05, 0.1) is 0 Å². The minimum atomic E-state index is -0.0437. The Kier molecular flexibility index (Phi) is 5.26. The van der Waals surface area contributed by atoms with Crippen molar-refractivity contribution in [3.8, 4) is 11.1 Å². The molecule has 0 aromatic heterocycles. The lowest BCUT2D eigenvalue weighted by atomic mass is 10.0. The van der Waals surface area contributed by atoms with Crippen LogP contribution in [0.25, 0.3) is 11.1 Å². The second-order valence-corrected chi connectivity index (χ2v) is 6.12. The third kappa shape index (κ3) is 4.22. The minimum absolute atomic E-state index is 0.0437. The van der Waals surface area contributed by atoms with Gasteiger partial charge in [-0.05, 0) is 47.7 Å². The Morgan fingerprint density at radius 3 is 2.38 bits per heavy atom. The molecule has 1 aliphatic heterocycles. The zero-order valence-electron chi connectivity index (χ0n) is 13.7. The highest BCUT2D eigenvalue weighted by Crippen LogP contribution is 2.22. The molecule has 0 saturated carbocycles. The average Bonchev–Trinajstić information content (AvgIpc) is 2.62. The SMILES string of the molecule is O=C1CCCCCNC(=O)c2cccc(c2)-c2cccc(c2)CN1. The van der Waals surface area contributed by atoms with E-state index in [4.69, 9.17) is 0 Å². The summed E-state index contributed by atoms with van der Waals surface area (Å²) in [5, 5.41) is 5.93. The fourth-order valence-corrected chi connectivity index (χ4v) is 2.88. The fourth-order valence-electron chi connectivity index (χ4n) is 2.88. The largest absolute Gasteiger partial charge is 0.352 e. The smallest absolute Gasteiger partial charge is 0.251 e. The highest BCUT2D eigenvalue weighted by molar-refractivity contribution is 5.95. The Morgan fingerprint density at radius 1 is 0.750 bits per heavy atom. The van der Waals surface area contributed by atoms with Crippen molar-refractivity contribution in [1.29, 1.82) is 0 Å². The summed E-state index contributed by atoms with van der Waals surface area (Å²) in [5.41, 5.74) is 3.78. The lowest BCUT2D eigenvalue weighted by molar-refractivity contribution is -0.121. The first-order valence-electron chi connectivity index (χ1n) is 8.47. The second kappa shape index (κ2) is 7.77. The number of carbonyl (C=O) groups excluding carboxylic acids is 2. The molecule has 0 unspecified atom stereocenters. The van der Waals surface area contributed by atoms with Crippen LogP contribution in [-0.2, 0) is 11.3 Å². The normalized spacial score (nSPS) is 16.2. The maximum Gasteiger partial charge on any atom is 0.251 e. The maximum atomic E-state index is 12.3. The van der Waals surface area contributed by atoms with Gasteiger partial charge >= 0.3 is 0 Å². The maximum absolute atomic E-state index is 12.3. The van der Waals surface area contributed by atoms with Gasteiger partial charge in [-0.3, -0.25) is 9.59 Å². The van der Waals surface area contributed by atoms with Crippen molar-refractivity contribution in [2.45, 2.75) is 32.2 Å². The predicted molar refractivity (Wildman–Crippen MR) is 94.5 cm³/mol. The first-order valence-corrected chi connectivity index (χ1v) is 8.47. The summed E-state index contributed by atoms with van der Waals surface area (Å²) in [6, 6.07) is 15.7. The number of nitrogens with one attached hydrogen (secondary N) is 2. The predicted octanol–water partition coefficient (Wildman–Crippen LogP) is 3.27. The molecular formula is C20H22N2O2. The summed E-state index contributed by atoms with van der Waals surface area (Å²) in [6.07, 6.45) is 3.20. The van der Waals surface area contributed by atoms with E-state index >= 15 is 0 Å². The quantitative estimate of drug-likeness (QED) is 0.782. The van der Waals surface area contributed by atoms with Gasteiger partial charge in [0.15, 0.2) is 0 Å². The summed E-state index contributed by atoms with van der Waals surface area (Å²) < 4.78 is 0. The Bertz CT molecular complexity index is 740. The molecule has 4 bridgehead atoms. The van der Waals surface area contributed by atoms with Crippen LogP contribution in [0.1, 0.15) is 41.6 Å². The van der Waals surface area contributed by atoms with Crippen LogP contribution in [0.3, 0.4) is 0 Å². The molecule has 0 atom stereocenters. The molecule has 0 fully saturated rings. The van der Waals surface area contributed by atoms with Crippen molar-refractivity contribution >= 4 is 11.8 Å². The summed E-state index contributed by atoms with van der Waals surface area (Å²) in [4.78, 5) is 24.2. The van der Waals surface area contributed by atoms with Crippen LogP contribution in [0.5, 0.6) is 0 Å². The molecule has 1 aliphatic rings. The molecule has 3 rings (SSSR count). The molecule has 4 nitrogen and oxygen atoms in total. The van der Waals surface area contributed by atoms with E-state index in [0.717, 1.165) is 36.0 Å². The molecule has 2 N–H and O–H groups in total. The summed E-state index contributed by atoms with van der Waals surface area (Å²) in [6.45, 7) is 1.17. The fraction of sp³-hybridized carbons (Fsp3) is 0.300. The number of benzene rings is 2. The van der Waals surface area contributed by atoms with E-state index in [2.05, 4.69) is 16.7 Å². The number of hydrogen-bond acceptors (Lipinski definition) is 2. The molecule has 1 heterocycles. The van der Waals surface area contributed by atoms with Gasteiger partial charge in [-0.2, -0.15) is 0 Å². The van der Waals surface area contributed by atoms with E-state index in [0.29, 0.717) is 25.1 Å². The molecule has 0 aliphatic carbocycles. The van der Waals surface area contributed by atoms with Gasteiger partial charge < -0.3 is 10.6 Å². The molecule has 2 aromatic carbocycles. The molecule has 2 aromatic rings.